The van der Waals surface area contributed by atoms with Gasteiger partial charge in [0.25, 0.3) is 0 Å². The summed E-state index contributed by atoms with van der Waals surface area (Å²) in [5.41, 5.74) is 0.639. The van der Waals surface area contributed by atoms with Crippen LogP contribution in [-0.4, -0.2) is 35.3 Å². The minimum atomic E-state index is -4.40. The summed E-state index contributed by atoms with van der Waals surface area (Å²) < 4.78 is 46.7. The Labute approximate surface area is 165 Å². The highest BCUT2D eigenvalue weighted by Gasteiger charge is 2.31. The predicted octanol–water partition coefficient (Wildman–Crippen LogP) is 4.13. The summed E-state index contributed by atoms with van der Waals surface area (Å²) in [6.07, 6.45) is -2.80. The predicted molar refractivity (Wildman–Crippen MR) is 95.9 cm³/mol. The van der Waals surface area contributed by atoms with E-state index in [1.54, 1.807) is 24.3 Å². The molecule has 9 heteroatoms. The van der Waals surface area contributed by atoms with Gasteiger partial charge in [-0.1, -0.05) is 12.1 Å². The van der Waals surface area contributed by atoms with Crippen molar-refractivity contribution in [2.45, 2.75) is 50.8 Å². The average molecular weight is 414 g/mol. The van der Waals surface area contributed by atoms with Crippen molar-refractivity contribution in [1.29, 1.82) is 0 Å². The van der Waals surface area contributed by atoms with Crippen LogP contribution in [0.4, 0.5) is 13.2 Å². The lowest BCUT2D eigenvalue weighted by Crippen LogP contribution is -2.30. The van der Waals surface area contributed by atoms with Gasteiger partial charge < -0.3 is 14.6 Å². The number of carbonyl (C=O) groups excluding carboxylic acids is 2. The number of carboxylic acid groups (broad SMARTS) is 1. The third-order valence-electron chi connectivity index (χ3n) is 4.44. The van der Waals surface area contributed by atoms with E-state index in [4.69, 9.17) is 14.6 Å². The number of rotatable bonds is 7. The van der Waals surface area contributed by atoms with Gasteiger partial charge in [-0.05, 0) is 49.5 Å². The molecular formula is C20H21F3O6. The first-order valence-electron chi connectivity index (χ1n) is 9.11. The second kappa shape index (κ2) is 10.1. The highest BCUT2D eigenvalue weighted by atomic mass is 19.4. The maximum atomic E-state index is 12.3. The Kier molecular flexibility index (Phi) is 7.81. The molecule has 29 heavy (non-hydrogen) atoms. The molecule has 1 fully saturated rings. The number of alkyl halides is 3. The van der Waals surface area contributed by atoms with Crippen LogP contribution in [-0.2, 0) is 19.1 Å². The van der Waals surface area contributed by atoms with Crippen LogP contribution in [0.3, 0.4) is 0 Å². The molecule has 1 aliphatic rings. The zero-order valence-electron chi connectivity index (χ0n) is 15.5. The van der Waals surface area contributed by atoms with Crippen LogP contribution < -0.4 is 4.74 Å². The number of ether oxygens (including phenoxy) is 2. The van der Waals surface area contributed by atoms with E-state index in [9.17, 15) is 27.6 Å². The minimum absolute atomic E-state index is 0.322. The zero-order chi connectivity index (χ0) is 21.4. The highest BCUT2D eigenvalue weighted by Crippen LogP contribution is 2.29. The summed E-state index contributed by atoms with van der Waals surface area (Å²) in [6, 6.07) is 6.32. The summed E-state index contributed by atoms with van der Waals surface area (Å²) >= 11 is 0. The van der Waals surface area contributed by atoms with Crippen molar-refractivity contribution >= 4 is 24.0 Å². The molecule has 6 nitrogen and oxygen atoms in total. The molecule has 0 aliphatic heterocycles. The van der Waals surface area contributed by atoms with Crippen molar-refractivity contribution in [2.75, 3.05) is 0 Å². The molecular weight excluding hydrogens is 393 g/mol. The number of esters is 2. The van der Waals surface area contributed by atoms with Crippen LogP contribution in [0, 0.1) is 5.92 Å². The number of halogens is 3. The molecule has 158 valence electrons. The van der Waals surface area contributed by atoms with Gasteiger partial charge in [0.15, 0.2) is 0 Å². The third kappa shape index (κ3) is 8.37. The molecule has 2 rings (SSSR count). The van der Waals surface area contributed by atoms with Crippen molar-refractivity contribution in [2.24, 2.45) is 5.92 Å². The molecule has 0 bridgehead atoms. The maximum absolute atomic E-state index is 12.3. The number of aliphatic carboxylic acids is 1. The Balaban J connectivity index is 1.75. The van der Waals surface area contributed by atoms with Gasteiger partial charge in [0, 0.05) is 6.08 Å². The molecule has 0 spiro atoms. The summed E-state index contributed by atoms with van der Waals surface area (Å²) in [5, 5.41) is 8.59. The van der Waals surface area contributed by atoms with E-state index in [0.717, 1.165) is 6.08 Å². The Morgan fingerprint density at radius 3 is 2.24 bits per heavy atom. The first kappa shape index (κ1) is 22.4. The lowest BCUT2D eigenvalue weighted by Gasteiger charge is -2.27. The normalized spacial score (nSPS) is 19.7. The van der Waals surface area contributed by atoms with E-state index >= 15 is 0 Å². The lowest BCUT2D eigenvalue weighted by molar-refractivity contribution is -0.163. The van der Waals surface area contributed by atoms with Crippen molar-refractivity contribution < 1.29 is 42.1 Å². The Bertz CT molecular complexity index is 746. The number of hydrogen-bond donors (Lipinski definition) is 1. The molecule has 1 aliphatic carbocycles. The standard InChI is InChI=1S/C20H21F3O6/c21-20(22,23)12-11-18(26)28-15-8-4-14(5-9-15)19(27)29-16-6-1-13(2-7-16)3-10-17(24)25/h1-3,6-7,10,14-15H,4-5,8-9,11-12H2,(H,24,25)/b10-3+. The third-order valence-corrected chi connectivity index (χ3v) is 4.44. The maximum Gasteiger partial charge on any atom is 0.389 e. The van der Waals surface area contributed by atoms with E-state index in [1.165, 1.54) is 6.08 Å². The summed E-state index contributed by atoms with van der Waals surface area (Å²) in [4.78, 5) is 34.2. The molecule has 1 N–H and O–H groups in total. The lowest BCUT2D eigenvalue weighted by atomic mass is 9.87. The molecule has 1 aromatic rings. The van der Waals surface area contributed by atoms with E-state index in [2.05, 4.69) is 0 Å². The van der Waals surface area contributed by atoms with Gasteiger partial charge in [0.1, 0.15) is 11.9 Å². The van der Waals surface area contributed by atoms with E-state index < -0.39 is 43.0 Å². The number of benzene rings is 1. The molecule has 0 amide bonds. The molecule has 1 aromatic carbocycles. The van der Waals surface area contributed by atoms with Crippen molar-refractivity contribution in [3.05, 3.63) is 35.9 Å². The highest BCUT2D eigenvalue weighted by molar-refractivity contribution is 5.85. The van der Waals surface area contributed by atoms with E-state index in [-0.39, 0.29) is 5.92 Å². The first-order chi connectivity index (χ1) is 13.6. The fourth-order valence-corrected chi connectivity index (χ4v) is 2.92. The van der Waals surface area contributed by atoms with Crippen molar-refractivity contribution in [3.63, 3.8) is 0 Å². The smallest absolute Gasteiger partial charge is 0.389 e. The molecule has 0 atom stereocenters. The molecule has 0 radical (unpaired) electrons. The van der Waals surface area contributed by atoms with Gasteiger partial charge in [-0.15, -0.1) is 0 Å². The molecule has 1 saturated carbocycles. The monoisotopic (exact) mass is 414 g/mol. The first-order valence-corrected chi connectivity index (χ1v) is 9.11. The topological polar surface area (TPSA) is 89.9 Å². The van der Waals surface area contributed by atoms with Crippen LogP contribution in [0.5, 0.6) is 5.75 Å². The summed E-state index contributed by atoms with van der Waals surface area (Å²) in [7, 11) is 0. The Morgan fingerprint density at radius 2 is 1.69 bits per heavy atom. The Hall–Kier alpha value is -2.84. The summed E-state index contributed by atoms with van der Waals surface area (Å²) in [6.45, 7) is 0. The quantitative estimate of drug-likeness (QED) is 0.410. The van der Waals surface area contributed by atoms with Crippen LogP contribution in [0.2, 0.25) is 0 Å². The fourth-order valence-electron chi connectivity index (χ4n) is 2.92. The minimum Gasteiger partial charge on any atom is -0.478 e. The zero-order valence-corrected chi connectivity index (χ0v) is 15.5. The second-order valence-electron chi connectivity index (χ2n) is 6.74. The molecule has 0 aromatic heterocycles. The van der Waals surface area contributed by atoms with Gasteiger partial charge in [-0.3, -0.25) is 9.59 Å². The van der Waals surface area contributed by atoms with Crippen LogP contribution in [0.15, 0.2) is 30.3 Å². The fraction of sp³-hybridized carbons (Fsp3) is 0.450. The van der Waals surface area contributed by atoms with Crippen LogP contribution in [0.1, 0.15) is 44.1 Å². The van der Waals surface area contributed by atoms with Crippen LogP contribution in [0.25, 0.3) is 6.08 Å². The van der Waals surface area contributed by atoms with Gasteiger partial charge in [0.05, 0.1) is 18.8 Å². The number of hydrogen-bond acceptors (Lipinski definition) is 5. The number of carbonyl (C=O) groups is 3. The Morgan fingerprint density at radius 1 is 1.07 bits per heavy atom. The summed E-state index contributed by atoms with van der Waals surface area (Å²) in [5.74, 6) is -2.44. The second-order valence-corrected chi connectivity index (χ2v) is 6.74. The van der Waals surface area contributed by atoms with E-state index in [1.807, 2.05) is 0 Å². The van der Waals surface area contributed by atoms with Crippen molar-refractivity contribution in [3.8, 4) is 5.75 Å². The van der Waals surface area contributed by atoms with Crippen molar-refractivity contribution in [1.82, 2.24) is 0 Å². The molecule has 0 heterocycles. The molecule has 0 unspecified atom stereocenters. The molecule has 0 saturated heterocycles. The van der Waals surface area contributed by atoms with Gasteiger partial charge in [-0.2, -0.15) is 13.2 Å². The average Bonchev–Trinajstić information content (AvgIpc) is 2.66. The van der Waals surface area contributed by atoms with Crippen LogP contribution >= 0.6 is 0 Å². The SMILES string of the molecule is O=C(O)/C=C/c1ccc(OC(=O)C2CCC(OC(=O)CCC(F)(F)F)CC2)cc1. The van der Waals surface area contributed by atoms with E-state index in [0.29, 0.717) is 37.0 Å². The van der Waals surface area contributed by atoms with Gasteiger partial charge in [-0.25, -0.2) is 4.79 Å². The van der Waals surface area contributed by atoms with Gasteiger partial charge in [0.2, 0.25) is 0 Å². The number of carboxylic acids is 1. The van der Waals surface area contributed by atoms with Gasteiger partial charge >= 0.3 is 24.1 Å². The largest absolute Gasteiger partial charge is 0.478 e.